The van der Waals surface area contributed by atoms with Gasteiger partial charge in [-0.15, -0.1) is 0 Å². The van der Waals surface area contributed by atoms with Crippen molar-refractivity contribution in [2.45, 2.75) is 37.4 Å². The average molecular weight is 284 g/mol. The predicted molar refractivity (Wildman–Crippen MR) is 64.2 cm³/mol. The Labute approximate surface area is 102 Å². The summed E-state index contributed by atoms with van der Waals surface area (Å²) in [7, 11) is 0. The Hall–Kier alpha value is -0.810. The molecule has 1 aromatic heterocycles. The van der Waals surface area contributed by atoms with E-state index < -0.39 is 0 Å². The molecule has 4 nitrogen and oxygen atoms in total. The first kappa shape index (κ1) is 10.4. The van der Waals surface area contributed by atoms with Crippen LogP contribution in [0.15, 0.2) is 16.7 Å². The summed E-state index contributed by atoms with van der Waals surface area (Å²) in [6.45, 7) is 0. The van der Waals surface area contributed by atoms with Crippen LogP contribution in [0.4, 0.5) is 0 Å². The molecule has 0 spiro atoms. The molecule has 0 bridgehead atoms. The van der Waals surface area contributed by atoms with Gasteiger partial charge in [-0.25, -0.2) is 0 Å². The number of amides is 1. The first-order valence-electron chi connectivity index (χ1n) is 5.59. The SMILES string of the molecule is NC1CC1NC(=O)c1cc(Br)cn1C1CC1. The fourth-order valence-electron chi connectivity index (χ4n) is 1.91. The molecule has 1 heterocycles. The van der Waals surface area contributed by atoms with Crippen molar-refractivity contribution < 1.29 is 4.79 Å². The number of halogens is 1. The minimum absolute atomic E-state index is 0.00412. The molecule has 0 aromatic carbocycles. The zero-order valence-corrected chi connectivity index (χ0v) is 10.4. The van der Waals surface area contributed by atoms with Crippen molar-refractivity contribution in [2.24, 2.45) is 5.73 Å². The molecule has 2 atom stereocenters. The van der Waals surface area contributed by atoms with Crippen LogP contribution in [0, 0.1) is 0 Å². The second kappa shape index (κ2) is 3.60. The highest BCUT2D eigenvalue weighted by Crippen LogP contribution is 2.37. The molecule has 3 rings (SSSR count). The number of carbonyl (C=O) groups is 1. The molecule has 86 valence electrons. The van der Waals surface area contributed by atoms with Crippen LogP contribution in [0.3, 0.4) is 0 Å². The molecule has 2 aliphatic rings. The largest absolute Gasteiger partial charge is 0.346 e. The normalized spacial score (nSPS) is 27.9. The van der Waals surface area contributed by atoms with Crippen LogP contribution in [-0.4, -0.2) is 22.6 Å². The molecule has 2 aliphatic carbocycles. The van der Waals surface area contributed by atoms with Crippen LogP contribution in [0.2, 0.25) is 0 Å². The molecule has 0 aliphatic heterocycles. The minimum Gasteiger partial charge on any atom is -0.346 e. The van der Waals surface area contributed by atoms with Gasteiger partial charge in [-0.2, -0.15) is 0 Å². The quantitative estimate of drug-likeness (QED) is 0.881. The van der Waals surface area contributed by atoms with E-state index in [9.17, 15) is 4.79 Å². The number of nitrogens with one attached hydrogen (secondary N) is 1. The van der Waals surface area contributed by atoms with E-state index in [0.29, 0.717) is 6.04 Å². The van der Waals surface area contributed by atoms with E-state index >= 15 is 0 Å². The smallest absolute Gasteiger partial charge is 0.268 e. The second-order valence-electron chi connectivity index (χ2n) is 4.66. The van der Waals surface area contributed by atoms with E-state index in [0.717, 1.165) is 16.6 Å². The first-order chi connectivity index (χ1) is 7.65. The van der Waals surface area contributed by atoms with E-state index in [-0.39, 0.29) is 18.0 Å². The molecule has 0 radical (unpaired) electrons. The topological polar surface area (TPSA) is 60.0 Å². The first-order valence-corrected chi connectivity index (χ1v) is 6.38. The maximum absolute atomic E-state index is 12.0. The molecule has 3 N–H and O–H groups in total. The van der Waals surface area contributed by atoms with Crippen LogP contribution in [-0.2, 0) is 0 Å². The van der Waals surface area contributed by atoms with Crippen molar-refractivity contribution in [3.63, 3.8) is 0 Å². The average Bonchev–Trinajstić information content (AvgIpc) is 3.12. The van der Waals surface area contributed by atoms with Crippen LogP contribution < -0.4 is 11.1 Å². The van der Waals surface area contributed by atoms with Gasteiger partial charge in [-0.3, -0.25) is 4.79 Å². The Morgan fingerprint density at radius 2 is 2.25 bits per heavy atom. The third-order valence-electron chi connectivity index (χ3n) is 3.14. The van der Waals surface area contributed by atoms with Crippen molar-refractivity contribution in [2.75, 3.05) is 0 Å². The number of nitrogens with zero attached hydrogens (tertiary/aromatic N) is 1. The summed E-state index contributed by atoms with van der Waals surface area (Å²) in [6.07, 6.45) is 5.23. The molecule has 2 fully saturated rings. The van der Waals surface area contributed by atoms with Crippen LogP contribution in [0.25, 0.3) is 0 Å². The number of aromatic nitrogens is 1. The van der Waals surface area contributed by atoms with Gasteiger partial charge in [-0.05, 0) is 41.3 Å². The van der Waals surface area contributed by atoms with Gasteiger partial charge in [0.05, 0.1) is 0 Å². The Morgan fingerprint density at radius 1 is 1.56 bits per heavy atom. The van der Waals surface area contributed by atoms with Crippen molar-refractivity contribution >= 4 is 21.8 Å². The molecule has 2 saturated carbocycles. The predicted octanol–water partition coefficient (Wildman–Crippen LogP) is 1.41. The summed E-state index contributed by atoms with van der Waals surface area (Å²) in [6, 6.07) is 2.71. The van der Waals surface area contributed by atoms with Crippen LogP contribution in [0.5, 0.6) is 0 Å². The van der Waals surface area contributed by atoms with Gasteiger partial charge in [0.25, 0.3) is 5.91 Å². The lowest BCUT2D eigenvalue weighted by Gasteiger charge is -2.07. The maximum atomic E-state index is 12.0. The van der Waals surface area contributed by atoms with E-state index in [1.54, 1.807) is 0 Å². The van der Waals surface area contributed by atoms with Crippen LogP contribution in [0.1, 0.15) is 35.8 Å². The molecular weight excluding hydrogens is 270 g/mol. The second-order valence-corrected chi connectivity index (χ2v) is 5.58. The van der Waals surface area contributed by atoms with E-state index in [1.165, 1.54) is 12.8 Å². The van der Waals surface area contributed by atoms with E-state index in [1.807, 2.05) is 12.3 Å². The summed E-state index contributed by atoms with van der Waals surface area (Å²) in [5.41, 5.74) is 6.42. The summed E-state index contributed by atoms with van der Waals surface area (Å²) in [5.74, 6) is -0.00412. The molecular formula is C11H14BrN3O. The molecule has 0 saturated heterocycles. The lowest BCUT2D eigenvalue weighted by Crippen LogP contribution is -2.31. The highest BCUT2D eigenvalue weighted by atomic mass is 79.9. The summed E-state index contributed by atoms with van der Waals surface area (Å²) in [4.78, 5) is 12.0. The number of hydrogen-bond donors (Lipinski definition) is 2. The number of carbonyl (C=O) groups excluding carboxylic acids is 1. The highest BCUT2D eigenvalue weighted by molar-refractivity contribution is 9.10. The molecule has 1 amide bonds. The van der Waals surface area contributed by atoms with Crippen LogP contribution >= 0.6 is 15.9 Å². The van der Waals surface area contributed by atoms with E-state index in [2.05, 4.69) is 25.8 Å². The molecule has 5 heteroatoms. The third kappa shape index (κ3) is 1.89. The van der Waals surface area contributed by atoms with Gasteiger partial charge in [0.15, 0.2) is 0 Å². The van der Waals surface area contributed by atoms with Gasteiger partial charge in [0.1, 0.15) is 5.69 Å². The number of nitrogens with two attached hydrogens (primary N) is 1. The lowest BCUT2D eigenvalue weighted by atomic mass is 10.4. The molecule has 16 heavy (non-hydrogen) atoms. The van der Waals surface area contributed by atoms with E-state index in [4.69, 9.17) is 5.73 Å². The van der Waals surface area contributed by atoms with Gasteiger partial charge in [0, 0.05) is 28.8 Å². The Morgan fingerprint density at radius 3 is 2.81 bits per heavy atom. The van der Waals surface area contributed by atoms with Gasteiger partial charge >= 0.3 is 0 Å². The van der Waals surface area contributed by atoms with Gasteiger partial charge in [-0.1, -0.05) is 0 Å². The Kier molecular flexibility index (Phi) is 2.33. The fourth-order valence-corrected chi connectivity index (χ4v) is 2.34. The summed E-state index contributed by atoms with van der Waals surface area (Å²) >= 11 is 3.42. The molecule has 2 unspecified atom stereocenters. The van der Waals surface area contributed by atoms with Crippen molar-refractivity contribution in [3.8, 4) is 0 Å². The Balaban J connectivity index is 1.78. The maximum Gasteiger partial charge on any atom is 0.268 e. The lowest BCUT2D eigenvalue weighted by molar-refractivity contribution is 0.0941. The zero-order chi connectivity index (χ0) is 11.3. The standard InChI is InChI=1S/C11H14BrN3O/c12-6-3-10(15(5-6)7-1-2-7)11(16)14-9-4-8(9)13/h3,5,7-9H,1-2,4,13H2,(H,14,16). The summed E-state index contributed by atoms with van der Waals surface area (Å²) < 4.78 is 3.03. The zero-order valence-electron chi connectivity index (χ0n) is 8.82. The molecule has 1 aromatic rings. The fraction of sp³-hybridized carbons (Fsp3) is 0.545. The number of rotatable bonds is 3. The van der Waals surface area contributed by atoms with Gasteiger partial charge < -0.3 is 15.6 Å². The van der Waals surface area contributed by atoms with Gasteiger partial charge in [0.2, 0.25) is 0 Å². The highest BCUT2D eigenvalue weighted by Gasteiger charge is 2.36. The van der Waals surface area contributed by atoms with Crippen molar-refractivity contribution in [1.82, 2.24) is 9.88 Å². The third-order valence-corrected chi connectivity index (χ3v) is 3.58. The van der Waals surface area contributed by atoms with Crippen molar-refractivity contribution in [3.05, 3.63) is 22.4 Å². The number of hydrogen-bond acceptors (Lipinski definition) is 2. The monoisotopic (exact) mass is 283 g/mol. The Bertz CT molecular complexity index is 438. The van der Waals surface area contributed by atoms with Crippen molar-refractivity contribution in [1.29, 1.82) is 0 Å². The summed E-state index contributed by atoms with van der Waals surface area (Å²) in [5, 5.41) is 2.95. The minimum atomic E-state index is -0.00412.